The van der Waals surface area contributed by atoms with Gasteiger partial charge in [0, 0.05) is 0 Å². The van der Waals surface area contributed by atoms with Crippen LogP contribution in [0.3, 0.4) is 0 Å². The Balaban J connectivity index is 1.81. The van der Waals surface area contributed by atoms with Crippen LogP contribution in [0.25, 0.3) is 54.6 Å². The lowest BCUT2D eigenvalue weighted by atomic mass is 9.86. The standard InChI is InChI=1S/C28H18/c1-3-9-19(10-4-1)25-17-21-13-8-16-24-26(20-11-5-2-6-12-20)18-22-14-7-15-23(25)27(22)28(21)24/h1-18H. The maximum Gasteiger partial charge on any atom is -0.00201 e. The van der Waals surface area contributed by atoms with Crippen molar-refractivity contribution in [1.29, 1.82) is 0 Å². The molecule has 0 atom stereocenters. The zero-order valence-corrected chi connectivity index (χ0v) is 15.4. The maximum absolute atomic E-state index is 2.36. The average Bonchev–Trinajstić information content (AvgIpc) is 2.78. The van der Waals surface area contributed by atoms with Gasteiger partial charge in [-0.25, -0.2) is 0 Å². The van der Waals surface area contributed by atoms with Crippen molar-refractivity contribution in [1.82, 2.24) is 0 Å². The molecule has 0 bridgehead atoms. The molecule has 0 spiro atoms. The van der Waals surface area contributed by atoms with Gasteiger partial charge in [0.25, 0.3) is 0 Å². The van der Waals surface area contributed by atoms with Crippen molar-refractivity contribution in [2.24, 2.45) is 0 Å². The first-order valence-electron chi connectivity index (χ1n) is 9.71. The minimum Gasteiger partial charge on any atom is -0.0622 e. The highest BCUT2D eigenvalue weighted by molar-refractivity contribution is 6.28. The van der Waals surface area contributed by atoms with Crippen molar-refractivity contribution >= 4 is 32.3 Å². The van der Waals surface area contributed by atoms with Crippen molar-refractivity contribution in [2.75, 3.05) is 0 Å². The van der Waals surface area contributed by atoms with Crippen molar-refractivity contribution < 1.29 is 0 Å². The SMILES string of the molecule is c1ccc(-c2cc3cccc4c(-c5ccccc5)cc5cccc2c5c34)cc1. The molecule has 0 saturated carbocycles. The quantitative estimate of drug-likeness (QED) is 0.277. The zero-order valence-electron chi connectivity index (χ0n) is 15.4. The van der Waals surface area contributed by atoms with Crippen molar-refractivity contribution in [3.63, 3.8) is 0 Å². The Kier molecular flexibility index (Phi) is 3.27. The van der Waals surface area contributed by atoms with Gasteiger partial charge in [0.15, 0.2) is 0 Å². The molecule has 6 rings (SSSR count). The Morgan fingerprint density at radius 1 is 0.357 bits per heavy atom. The lowest BCUT2D eigenvalue weighted by Gasteiger charge is -2.17. The zero-order chi connectivity index (χ0) is 18.5. The molecular weight excluding hydrogens is 336 g/mol. The molecule has 0 aliphatic rings. The summed E-state index contributed by atoms with van der Waals surface area (Å²) in [7, 11) is 0. The summed E-state index contributed by atoms with van der Waals surface area (Å²) in [6, 6.07) is 39.5. The summed E-state index contributed by atoms with van der Waals surface area (Å²) in [5.41, 5.74) is 5.15. The molecule has 0 aliphatic heterocycles. The largest absolute Gasteiger partial charge is 0.0622 e. The second kappa shape index (κ2) is 5.94. The van der Waals surface area contributed by atoms with E-state index in [2.05, 4.69) is 109 Å². The first kappa shape index (κ1) is 15.4. The van der Waals surface area contributed by atoms with Gasteiger partial charge in [0.2, 0.25) is 0 Å². The summed E-state index contributed by atoms with van der Waals surface area (Å²) in [6.07, 6.45) is 0. The summed E-state index contributed by atoms with van der Waals surface area (Å²) in [5, 5.41) is 8.00. The Morgan fingerprint density at radius 2 is 0.786 bits per heavy atom. The third kappa shape index (κ3) is 2.18. The molecule has 0 saturated heterocycles. The Morgan fingerprint density at radius 3 is 1.21 bits per heavy atom. The van der Waals surface area contributed by atoms with Crippen molar-refractivity contribution in [3.05, 3.63) is 109 Å². The van der Waals surface area contributed by atoms with E-state index in [0.717, 1.165) is 0 Å². The summed E-state index contributed by atoms with van der Waals surface area (Å²) in [5.74, 6) is 0. The summed E-state index contributed by atoms with van der Waals surface area (Å²) in [6.45, 7) is 0. The molecular formula is C28H18. The maximum atomic E-state index is 2.36. The topological polar surface area (TPSA) is 0 Å². The minimum absolute atomic E-state index is 1.27. The van der Waals surface area contributed by atoms with Crippen molar-refractivity contribution in [3.8, 4) is 22.3 Å². The van der Waals surface area contributed by atoms with E-state index in [1.165, 1.54) is 54.6 Å². The highest BCUT2D eigenvalue weighted by atomic mass is 14.2. The van der Waals surface area contributed by atoms with Crippen LogP contribution in [0.1, 0.15) is 0 Å². The predicted octanol–water partition coefficient (Wildman–Crippen LogP) is 7.92. The Bertz CT molecular complexity index is 1310. The minimum atomic E-state index is 1.27. The number of hydrogen-bond donors (Lipinski definition) is 0. The molecule has 0 amide bonds. The van der Waals surface area contributed by atoms with E-state index < -0.39 is 0 Å². The fourth-order valence-electron chi connectivity index (χ4n) is 4.57. The molecule has 0 radical (unpaired) electrons. The van der Waals surface area contributed by atoms with Crippen LogP contribution in [0.5, 0.6) is 0 Å². The molecule has 0 N–H and O–H groups in total. The van der Waals surface area contributed by atoms with E-state index in [0.29, 0.717) is 0 Å². The highest BCUT2D eigenvalue weighted by Crippen LogP contribution is 2.43. The average molecular weight is 354 g/mol. The molecule has 0 heteroatoms. The summed E-state index contributed by atoms with van der Waals surface area (Å²) >= 11 is 0. The second-order valence-corrected chi connectivity index (χ2v) is 7.39. The fraction of sp³-hybridized carbons (Fsp3) is 0. The van der Waals surface area contributed by atoms with E-state index in [-0.39, 0.29) is 0 Å². The molecule has 6 aromatic carbocycles. The molecule has 0 aliphatic carbocycles. The molecule has 0 fully saturated rings. The third-order valence-corrected chi connectivity index (χ3v) is 5.79. The fourth-order valence-corrected chi connectivity index (χ4v) is 4.57. The summed E-state index contributed by atoms with van der Waals surface area (Å²) < 4.78 is 0. The lowest BCUT2D eigenvalue weighted by molar-refractivity contribution is 1.65. The van der Waals surface area contributed by atoms with Gasteiger partial charge < -0.3 is 0 Å². The van der Waals surface area contributed by atoms with E-state index in [4.69, 9.17) is 0 Å². The highest BCUT2D eigenvalue weighted by Gasteiger charge is 2.15. The Labute approximate surface area is 164 Å². The first-order valence-corrected chi connectivity index (χ1v) is 9.71. The van der Waals surface area contributed by atoms with Crippen LogP contribution in [0, 0.1) is 0 Å². The number of benzene rings is 6. The summed E-state index contributed by atoms with van der Waals surface area (Å²) in [4.78, 5) is 0. The van der Waals surface area contributed by atoms with E-state index in [1.54, 1.807) is 0 Å². The molecule has 0 nitrogen and oxygen atoms in total. The Hall–Kier alpha value is -3.64. The van der Waals surface area contributed by atoms with Crippen LogP contribution in [0.15, 0.2) is 109 Å². The van der Waals surface area contributed by atoms with E-state index >= 15 is 0 Å². The van der Waals surface area contributed by atoms with Gasteiger partial charge in [-0.2, -0.15) is 0 Å². The van der Waals surface area contributed by atoms with Gasteiger partial charge in [-0.1, -0.05) is 97.1 Å². The molecule has 0 heterocycles. The molecule has 0 aromatic heterocycles. The van der Waals surface area contributed by atoms with Crippen LogP contribution in [0.2, 0.25) is 0 Å². The van der Waals surface area contributed by atoms with Gasteiger partial charge in [0.05, 0.1) is 0 Å². The van der Waals surface area contributed by atoms with Crippen molar-refractivity contribution in [2.45, 2.75) is 0 Å². The smallest absolute Gasteiger partial charge is 0.00201 e. The monoisotopic (exact) mass is 354 g/mol. The van der Waals surface area contributed by atoms with E-state index in [9.17, 15) is 0 Å². The second-order valence-electron chi connectivity index (χ2n) is 7.39. The number of hydrogen-bond acceptors (Lipinski definition) is 0. The molecule has 28 heavy (non-hydrogen) atoms. The van der Waals surface area contributed by atoms with Gasteiger partial charge >= 0.3 is 0 Å². The number of rotatable bonds is 2. The lowest BCUT2D eigenvalue weighted by Crippen LogP contribution is -1.90. The third-order valence-electron chi connectivity index (χ3n) is 5.79. The molecule has 130 valence electrons. The van der Waals surface area contributed by atoms with Gasteiger partial charge in [-0.05, 0) is 66.7 Å². The van der Waals surface area contributed by atoms with Crippen LogP contribution >= 0.6 is 0 Å². The normalized spacial score (nSPS) is 11.6. The van der Waals surface area contributed by atoms with Crippen LogP contribution in [-0.2, 0) is 0 Å². The first-order chi connectivity index (χ1) is 13.9. The molecule has 0 unspecified atom stereocenters. The van der Waals surface area contributed by atoms with E-state index in [1.807, 2.05) is 0 Å². The van der Waals surface area contributed by atoms with Gasteiger partial charge in [-0.15, -0.1) is 0 Å². The molecule has 6 aromatic rings. The predicted molar refractivity (Wildman–Crippen MR) is 121 cm³/mol. The van der Waals surface area contributed by atoms with Gasteiger partial charge in [-0.3, -0.25) is 0 Å². The van der Waals surface area contributed by atoms with Crippen LogP contribution in [0.4, 0.5) is 0 Å². The van der Waals surface area contributed by atoms with Gasteiger partial charge in [0.1, 0.15) is 0 Å². The van der Waals surface area contributed by atoms with Crippen LogP contribution < -0.4 is 0 Å². The van der Waals surface area contributed by atoms with Crippen LogP contribution in [-0.4, -0.2) is 0 Å².